The second-order valence-corrected chi connectivity index (χ2v) is 6.27. The molecule has 0 unspecified atom stereocenters. The fourth-order valence-electron chi connectivity index (χ4n) is 2.76. The molecule has 0 bridgehead atoms. The van der Waals surface area contributed by atoms with Gasteiger partial charge in [0.25, 0.3) is 5.56 Å². The van der Waals surface area contributed by atoms with Crippen molar-refractivity contribution in [1.82, 2.24) is 9.97 Å². The van der Waals surface area contributed by atoms with E-state index in [9.17, 15) is 22.8 Å². The molecule has 0 aliphatic rings. The summed E-state index contributed by atoms with van der Waals surface area (Å²) >= 11 is 0. The molecule has 0 fully saturated rings. The van der Waals surface area contributed by atoms with E-state index < -0.39 is 17.3 Å². The summed E-state index contributed by atoms with van der Waals surface area (Å²) < 4.78 is 38.0. The summed E-state index contributed by atoms with van der Waals surface area (Å²) in [6.07, 6.45) is -4.35. The monoisotopic (exact) mass is 381 g/mol. The molecule has 1 heterocycles. The first-order valence-electron chi connectivity index (χ1n) is 8.72. The molecular weight excluding hydrogens is 359 g/mol. The van der Waals surface area contributed by atoms with Gasteiger partial charge in [0.1, 0.15) is 5.69 Å². The fraction of sp³-hybridized carbons (Fsp3) is 0.421. The van der Waals surface area contributed by atoms with Crippen LogP contribution in [0.4, 0.5) is 19.1 Å². The smallest absolute Gasteiger partial charge is 0.343 e. The van der Waals surface area contributed by atoms with E-state index in [-0.39, 0.29) is 23.8 Å². The molecule has 0 saturated carbocycles. The van der Waals surface area contributed by atoms with Gasteiger partial charge in [0.05, 0.1) is 5.56 Å². The standard InChI is InChI=1S/C19H22F3N3O2/c1-4-25(5-2)18-23-15(11-17(27)24-18)16(26)10-12(3)13-6-8-14(9-7-13)19(20,21)22/h6-9,11-12H,4-5,10H2,1-3H3,(H,23,24,27)/t12-/m0/s1. The molecule has 1 N–H and O–H groups in total. The number of nitrogens with zero attached hydrogens (tertiary/aromatic N) is 2. The minimum Gasteiger partial charge on any atom is -0.343 e. The van der Waals surface area contributed by atoms with Gasteiger partial charge < -0.3 is 4.90 Å². The predicted octanol–water partition coefficient (Wildman–Crippen LogP) is 4.01. The minimum absolute atomic E-state index is 0.0412. The summed E-state index contributed by atoms with van der Waals surface area (Å²) in [6, 6.07) is 5.88. The molecule has 2 aromatic rings. The number of aromatic nitrogens is 2. The van der Waals surface area contributed by atoms with Crippen molar-refractivity contribution >= 4 is 11.7 Å². The van der Waals surface area contributed by atoms with Crippen LogP contribution in [0.3, 0.4) is 0 Å². The Morgan fingerprint density at radius 3 is 2.30 bits per heavy atom. The highest BCUT2D eigenvalue weighted by atomic mass is 19.4. The Morgan fingerprint density at radius 1 is 1.19 bits per heavy atom. The third-order valence-electron chi connectivity index (χ3n) is 4.38. The number of rotatable bonds is 7. The van der Waals surface area contributed by atoms with Crippen LogP contribution in [0.15, 0.2) is 35.1 Å². The number of ketones is 1. The lowest BCUT2D eigenvalue weighted by Crippen LogP contribution is -2.28. The number of alkyl halides is 3. The number of carbonyl (C=O) groups excluding carboxylic acids is 1. The predicted molar refractivity (Wildman–Crippen MR) is 97.2 cm³/mol. The lowest BCUT2D eigenvalue weighted by molar-refractivity contribution is -0.137. The van der Waals surface area contributed by atoms with Crippen LogP contribution < -0.4 is 10.5 Å². The van der Waals surface area contributed by atoms with E-state index in [1.165, 1.54) is 12.1 Å². The van der Waals surface area contributed by atoms with E-state index in [1.807, 2.05) is 18.7 Å². The van der Waals surface area contributed by atoms with E-state index in [4.69, 9.17) is 0 Å². The zero-order valence-electron chi connectivity index (χ0n) is 15.4. The number of Topliss-reactive ketones (excluding diaryl/α,β-unsaturated/α-hetero) is 1. The summed E-state index contributed by atoms with van der Waals surface area (Å²) in [6.45, 7) is 6.81. The first-order valence-corrected chi connectivity index (χ1v) is 8.72. The van der Waals surface area contributed by atoms with Crippen LogP contribution in [-0.2, 0) is 6.18 Å². The van der Waals surface area contributed by atoms with Crippen molar-refractivity contribution in [2.24, 2.45) is 0 Å². The molecule has 27 heavy (non-hydrogen) atoms. The van der Waals surface area contributed by atoms with Crippen LogP contribution in [-0.4, -0.2) is 28.8 Å². The molecule has 0 radical (unpaired) electrons. The van der Waals surface area contributed by atoms with Crippen LogP contribution in [0.5, 0.6) is 0 Å². The van der Waals surface area contributed by atoms with Gasteiger partial charge in [-0.05, 0) is 37.5 Å². The highest BCUT2D eigenvalue weighted by molar-refractivity contribution is 5.94. The van der Waals surface area contributed by atoms with Crippen molar-refractivity contribution in [3.63, 3.8) is 0 Å². The number of halogens is 3. The van der Waals surface area contributed by atoms with Gasteiger partial charge in [-0.3, -0.25) is 14.6 Å². The average Bonchev–Trinajstić information content (AvgIpc) is 2.61. The van der Waals surface area contributed by atoms with Gasteiger partial charge >= 0.3 is 6.18 Å². The van der Waals surface area contributed by atoms with E-state index >= 15 is 0 Å². The molecule has 1 aromatic heterocycles. The SMILES string of the molecule is CCN(CC)c1nc(C(=O)C[C@H](C)c2ccc(C(F)(F)F)cc2)cc(=O)[nH]1. The van der Waals surface area contributed by atoms with Gasteiger partial charge in [-0.15, -0.1) is 0 Å². The second kappa shape index (κ2) is 8.37. The van der Waals surface area contributed by atoms with Gasteiger partial charge in [0.15, 0.2) is 5.78 Å². The molecule has 0 aliphatic carbocycles. The third-order valence-corrected chi connectivity index (χ3v) is 4.38. The normalized spacial score (nSPS) is 12.7. The van der Waals surface area contributed by atoms with Gasteiger partial charge in [0, 0.05) is 25.6 Å². The third kappa shape index (κ3) is 5.18. The Labute approximate surface area is 155 Å². The topological polar surface area (TPSA) is 66.1 Å². The van der Waals surface area contributed by atoms with Crippen molar-refractivity contribution in [3.05, 3.63) is 57.5 Å². The number of hydrogen-bond acceptors (Lipinski definition) is 4. The van der Waals surface area contributed by atoms with Crippen LogP contribution in [0.2, 0.25) is 0 Å². The molecule has 1 atom stereocenters. The van der Waals surface area contributed by atoms with Gasteiger partial charge in [-0.25, -0.2) is 4.98 Å². The summed E-state index contributed by atoms with van der Waals surface area (Å²) in [5, 5.41) is 0. The van der Waals surface area contributed by atoms with Crippen LogP contribution >= 0.6 is 0 Å². The number of carbonyl (C=O) groups is 1. The molecule has 2 rings (SSSR count). The number of aromatic amines is 1. The molecular formula is C19H22F3N3O2. The van der Waals surface area contributed by atoms with E-state index in [1.54, 1.807) is 6.92 Å². The van der Waals surface area contributed by atoms with Gasteiger partial charge in [-0.1, -0.05) is 19.1 Å². The number of anilines is 1. The summed E-state index contributed by atoms with van der Waals surface area (Å²) in [4.78, 5) is 33.1. The Kier molecular flexibility index (Phi) is 6.41. The summed E-state index contributed by atoms with van der Waals surface area (Å²) in [5.74, 6) is -0.308. The van der Waals surface area contributed by atoms with E-state index in [2.05, 4.69) is 9.97 Å². The molecule has 146 valence electrons. The first-order chi connectivity index (χ1) is 12.7. The molecule has 5 nitrogen and oxygen atoms in total. The average molecular weight is 381 g/mol. The van der Waals surface area contributed by atoms with Gasteiger partial charge in [0.2, 0.25) is 5.95 Å². The van der Waals surface area contributed by atoms with Crippen molar-refractivity contribution in [2.45, 2.75) is 39.3 Å². The molecule has 0 spiro atoms. The molecule has 8 heteroatoms. The zero-order chi connectivity index (χ0) is 20.2. The number of hydrogen-bond donors (Lipinski definition) is 1. The Hall–Kier alpha value is -2.64. The summed E-state index contributed by atoms with van der Waals surface area (Å²) in [5.41, 5.74) is -0.480. The Morgan fingerprint density at radius 2 is 1.78 bits per heavy atom. The van der Waals surface area contributed by atoms with Crippen molar-refractivity contribution in [3.8, 4) is 0 Å². The maximum atomic E-state index is 12.7. The molecule has 1 aromatic carbocycles. The highest BCUT2D eigenvalue weighted by Crippen LogP contribution is 2.30. The van der Waals surface area contributed by atoms with E-state index in [0.29, 0.717) is 24.6 Å². The summed E-state index contributed by atoms with van der Waals surface area (Å²) in [7, 11) is 0. The second-order valence-electron chi connectivity index (χ2n) is 6.27. The van der Waals surface area contributed by atoms with Crippen LogP contribution in [0.25, 0.3) is 0 Å². The van der Waals surface area contributed by atoms with Crippen LogP contribution in [0, 0.1) is 0 Å². The maximum absolute atomic E-state index is 12.7. The first kappa shape index (κ1) is 20.7. The minimum atomic E-state index is -4.40. The molecule has 0 saturated heterocycles. The van der Waals surface area contributed by atoms with Crippen molar-refractivity contribution in [2.75, 3.05) is 18.0 Å². The number of H-pyrrole nitrogens is 1. The lowest BCUT2D eigenvalue weighted by atomic mass is 9.94. The quantitative estimate of drug-likeness (QED) is 0.736. The Bertz CT molecular complexity index is 841. The molecule has 0 aliphatic heterocycles. The maximum Gasteiger partial charge on any atom is 0.416 e. The van der Waals surface area contributed by atoms with Crippen molar-refractivity contribution < 1.29 is 18.0 Å². The van der Waals surface area contributed by atoms with Gasteiger partial charge in [-0.2, -0.15) is 13.2 Å². The number of benzene rings is 1. The highest BCUT2D eigenvalue weighted by Gasteiger charge is 2.30. The number of nitrogens with one attached hydrogen (secondary N) is 1. The molecule has 0 amide bonds. The fourth-order valence-corrected chi connectivity index (χ4v) is 2.76. The zero-order valence-corrected chi connectivity index (χ0v) is 15.4. The largest absolute Gasteiger partial charge is 0.416 e. The van der Waals surface area contributed by atoms with Crippen LogP contribution in [0.1, 0.15) is 54.7 Å². The lowest BCUT2D eigenvalue weighted by Gasteiger charge is -2.19. The van der Waals surface area contributed by atoms with E-state index in [0.717, 1.165) is 18.2 Å². The van der Waals surface area contributed by atoms with Crippen molar-refractivity contribution in [1.29, 1.82) is 0 Å². The Balaban J connectivity index is 2.18.